The Balaban J connectivity index is 0. The summed E-state index contributed by atoms with van der Waals surface area (Å²) < 4.78 is 4.77. The van der Waals surface area contributed by atoms with Gasteiger partial charge in [-0.25, -0.2) is 0 Å². The van der Waals surface area contributed by atoms with Gasteiger partial charge in [0, 0.05) is 0 Å². The van der Waals surface area contributed by atoms with Crippen LogP contribution in [0.2, 0.25) is 0 Å². The quantitative estimate of drug-likeness (QED) is 0.622. The molecule has 2 nitrogen and oxygen atoms in total. The molecule has 0 aromatic heterocycles. The topological polar surface area (TPSA) is 29.5 Å². The van der Waals surface area contributed by atoms with E-state index in [1.54, 1.807) is 25.5 Å². The Kier molecular flexibility index (Phi) is 18.1. The molecule has 0 spiro atoms. The summed E-state index contributed by atoms with van der Waals surface area (Å²) in [4.78, 5) is 0. The van der Waals surface area contributed by atoms with Gasteiger partial charge in [0.25, 0.3) is 0 Å². The van der Waals surface area contributed by atoms with E-state index in [4.69, 9.17) is 9.84 Å². The molecule has 0 aliphatic rings. The molecule has 1 N–H and O–H groups in total. The van der Waals surface area contributed by atoms with Crippen molar-refractivity contribution in [3.05, 3.63) is 37.0 Å². The second kappa shape index (κ2) is 15.9. The first-order valence-corrected chi connectivity index (χ1v) is 3.46. The highest BCUT2D eigenvalue weighted by atomic mass is 16.5. The van der Waals surface area contributed by atoms with Crippen LogP contribution in [-0.4, -0.2) is 5.11 Å². The van der Waals surface area contributed by atoms with E-state index in [2.05, 4.69) is 0 Å². The highest BCUT2D eigenvalue weighted by molar-refractivity contribution is 4.73. The summed E-state index contributed by atoms with van der Waals surface area (Å²) in [7, 11) is 0. The number of ether oxygens (including phenoxy) is 1. The highest BCUT2D eigenvalue weighted by Gasteiger charge is 1.57. The summed E-state index contributed by atoms with van der Waals surface area (Å²) in [6, 6.07) is 0. The summed E-state index contributed by atoms with van der Waals surface area (Å²) in [5.41, 5.74) is 0. The number of aliphatic hydroxyl groups excluding tert-OH is 1. The molecule has 0 aromatic carbocycles. The summed E-state index contributed by atoms with van der Waals surface area (Å²) >= 11 is 0. The average Bonchev–Trinajstić information content (AvgIpc) is 2.06. The molecule has 0 bridgehead atoms. The maximum Gasteiger partial charge on any atom is 0.0858 e. The Hall–Kier alpha value is -1.18. The van der Waals surface area contributed by atoms with Crippen molar-refractivity contribution in [2.24, 2.45) is 0 Å². The van der Waals surface area contributed by atoms with E-state index in [9.17, 15) is 0 Å². The van der Waals surface area contributed by atoms with Crippen molar-refractivity contribution in [2.45, 2.75) is 20.8 Å². The Morgan fingerprint density at radius 1 is 0.909 bits per heavy atom. The van der Waals surface area contributed by atoms with Crippen molar-refractivity contribution in [1.82, 2.24) is 0 Å². The van der Waals surface area contributed by atoms with Gasteiger partial charge in [0.1, 0.15) is 0 Å². The molecular weight excluding hydrogens is 140 g/mol. The van der Waals surface area contributed by atoms with Crippen LogP contribution in [0.25, 0.3) is 0 Å². The molecule has 0 atom stereocenters. The number of aliphatic hydroxyl groups is 1. The Bertz CT molecular complexity index is 110. The molecule has 11 heavy (non-hydrogen) atoms. The summed E-state index contributed by atoms with van der Waals surface area (Å²) in [5.74, 6) is 0. The molecule has 0 aliphatic carbocycles. The highest BCUT2D eigenvalue weighted by Crippen LogP contribution is 1.76. The minimum absolute atomic E-state index is 1.00. The molecule has 64 valence electrons. The van der Waals surface area contributed by atoms with E-state index < -0.39 is 0 Å². The van der Waals surface area contributed by atoms with Crippen LogP contribution in [-0.2, 0) is 4.74 Å². The van der Waals surface area contributed by atoms with Gasteiger partial charge in [-0.05, 0) is 20.8 Å². The first-order valence-electron chi connectivity index (χ1n) is 3.46. The lowest BCUT2D eigenvalue weighted by molar-refractivity contribution is 0.401. The molecule has 0 unspecified atom stereocenters. The lowest BCUT2D eigenvalue weighted by atomic mass is 10.7. The lowest BCUT2D eigenvalue weighted by Crippen LogP contribution is -1.59. The minimum atomic E-state index is 1.00. The summed E-state index contributed by atoms with van der Waals surface area (Å²) in [5, 5.41) is 7.69. The van der Waals surface area contributed by atoms with Crippen LogP contribution in [0.5, 0.6) is 0 Å². The zero-order valence-electron chi connectivity index (χ0n) is 7.32. The SMILES string of the molecule is CC=CO.CC=COC=CC. The van der Waals surface area contributed by atoms with E-state index in [1.165, 1.54) is 0 Å². The first kappa shape index (κ1) is 12.5. The third-order valence-corrected chi connectivity index (χ3v) is 0.578. The van der Waals surface area contributed by atoms with Gasteiger partial charge in [0.05, 0.1) is 18.8 Å². The smallest absolute Gasteiger partial charge is 0.0858 e. The molecule has 0 aliphatic heterocycles. The predicted molar refractivity (Wildman–Crippen MR) is 48.2 cm³/mol. The van der Waals surface area contributed by atoms with Crippen molar-refractivity contribution < 1.29 is 9.84 Å². The molecule has 0 heterocycles. The molecule has 0 aromatic rings. The third-order valence-electron chi connectivity index (χ3n) is 0.578. The largest absolute Gasteiger partial charge is 0.516 e. The Morgan fingerprint density at radius 2 is 1.27 bits per heavy atom. The molecule has 0 saturated heterocycles. The molecule has 0 saturated carbocycles. The molecule has 0 amide bonds. The Labute approximate surface area is 68.5 Å². The number of rotatable bonds is 2. The fourth-order valence-electron chi connectivity index (χ4n) is 0.202. The van der Waals surface area contributed by atoms with Gasteiger partial charge in [-0.3, -0.25) is 0 Å². The standard InChI is InChI=1S/C6H10O.C3H6O/c1-3-5-7-6-4-2;1-2-3-4/h3-6H,1-2H3;2-4H,1H3. The molecule has 0 radical (unpaired) electrons. The van der Waals surface area contributed by atoms with Crippen LogP contribution in [0.4, 0.5) is 0 Å². The van der Waals surface area contributed by atoms with Crippen LogP contribution in [0.1, 0.15) is 20.8 Å². The van der Waals surface area contributed by atoms with Crippen LogP contribution in [0, 0.1) is 0 Å². The van der Waals surface area contributed by atoms with E-state index >= 15 is 0 Å². The van der Waals surface area contributed by atoms with E-state index in [0.717, 1.165) is 6.26 Å². The second-order valence-electron chi connectivity index (χ2n) is 1.56. The van der Waals surface area contributed by atoms with Gasteiger partial charge in [0.2, 0.25) is 0 Å². The van der Waals surface area contributed by atoms with Gasteiger partial charge in [-0.1, -0.05) is 18.2 Å². The second-order valence-corrected chi connectivity index (χ2v) is 1.56. The number of hydrogen-bond acceptors (Lipinski definition) is 2. The fourth-order valence-corrected chi connectivity index (χ4v) is 0.202. The van der Waals surface area contributed by atoms with Crippen molar-refractivity contribution in [1.29, 1.82) is 0 Å². The lowest BCUT2D eigenvalue weighted by Gasteiger charge is -1.82. The van der Waals surface area contributed by atoms with Crippen molar-refractivity contribution in [3.63, 3.8) is 0 Å². The van der Waals surface area contributed by atoms with E-state index in [0.29, 0.717) is 0 Å². The van der Waals surface area contributed by atoms with Gasteiger partial charge in [-0.15, -0.1) is 0 Å². The molecule has 2 heteroatoms. The average molecular weight is 156 g/mol. The number of hydrogen-bond donors (Lipinski definition) is 1. The first-order chi connectivity index (χ1) is 5.33. The van der Waals surface area contributed by atoms with Crippen LogP contribution in [0.15, 0.2) is 37.0 Å². The monoisotopic (exact) mass is 156 g/mol. The summed E-state index contributed by atoms with van der Waals surface area (Å²) in [6.07, 6.45) is 9.47. The number of allylic oxidation sites excluding steroid dienone is 3. The zero-order valence-corrected chi connectivity index (χ0v) is 7.32. The predicted octanol–water partition coefficient (Wildman–Crippen LogP) is 3.15. The van der Waals surface area contributed by atoms with E-state index in [-0.39, 0.29) is 0 Å². The van der Waals surface area contributed by atoms with E-state index in [1.807, 2.05) is 26.0 Å². The van der Waals surface area contributed by atoms with Crippen molar-refractivity contribution >= 4 is 0 Å². The third kappa shape index (κ3) is 28.1. The maximum absolute atomic E-state index is 7.69. The Morgan fingerprint density at radius 3 is 1.45 bits per heavy atom. The molecule has 0 rings (SSSR count). The summed E-state index contributed by atoms with van der Waals surface area (Å²) in [6.45, 7) is 5.56. The fraction of sp³-hybridized carbons (Fsp3) is 0.333. The van der Waals surface area contributed by atoms with Gasteiger partial charge >= 0.3 is 0 Å². The van der Waals surface area contributed by atoms with Crippen LogP contribution >= 0.6 is 0 Å². The minimum Gasteiger partial charge on any atom is -0.516 e. The van der Waals surface area contributed by atoms with Gasteiger partial charge in [-0.2, -0.15) is 0 Å². The van der Waals surface area contributed by atoms with Crippen LogP contribution in [0.3, 0.4) is 0 Å². The zero-order chi connectivity index (χ0) is 8.95. The maximum atomic E-state index is 7.69. The van der Waals surface area contributed by atoms with Crippen molar-refractivity contribution in [3.8, 4) is 0 Å². The van der Waals surface area contributed by atoms with Crippen molar-refractivity contribution in [2.75, 3.05) is 0 Å². The normalized spacial score (nSPS) is 10.5. The van der Waals surface area contributed by atoms with Gasteiger partial charge < -0.3 is 9.84 Å². The van der Waals surface area contributed by atoms with Gasteiger partial charge in [0.15, 0.2) is 0 Å². The molecule has 0 fully saturated rings. The molecular formula is C9H16O2. The van der Waals surface area contributed by atoms with Crippen LogP contribution < -0.4 is 0 Å².